The molecule has 4 aromatic rings. The van der Waals surface area contributed by atoms with Gasteiger partial charge in [-0.3, -0.25) is 0 Å². The lowest BCUT2D eigenvalue weighted by molar-refractivity contribution is 0.592. The second-order valence-electron chi connectivity index (χ2n) is 7.73. The van der Waals surface area contributed by atoms with Crippen LogP contribution in [0.1, 0.15) is 16.7 Å². The SMILES string of the molecule is Cc1ccc(N/C(=C/P(=O)(c2ccccc2)c2ccccc2)c2ccc(C)cc2)cc1. The largest absolute Gasteiger partial charge is 0.355 e. The molecule has 0 atom stereocenters. The van der Waals surface area contributed by atoms with Gasteiger partial charge in [0.2, 0.25) is 0 Å². The van der Waals surface area contributed by atoms with Crippen LogP contribution in [0.2, 0.25) is 0 Å². The van der Waals surface area contributed by atoms with Crippen LogP contribution < -0.4 is 15.9 Å². The van der Waals surface area contributed by atoms with E-state index in [4.69, 9.17) is 0 Å². The predicted molar refractivity (Wildman–Crippen MR) is 134 cm³/mol. The van der Waals surface area contributed by atoms with Gasteiger partial charge in [0.25, 0.3) is 0 Å². The van der Waals surface area contributed by atoms with Gasteiger partial charge in [-0.05, 0) is 31.5 Å². The third-order valence-electron chi connectivity index (χ3n) is 5.28. The number of rotatable bonds is 6. The number of hydrogen-bond donors (Lipinski definition) is 1. The summed E-state index contributed by atoms with van der Waals surface area (Å²) in [6.07, 6.45) is 0. The Morgan fingerprint density at radius 2 is 1.10 bits per heavy atom. The molecule has 0 aliphatic rings. The molecule has 0 saturated heterocycles. The van der Waals surface area contributed by atoms with Gasteiger partial charge < -0.3 is 9.88 Å². The van der Waals surface area contributed by atoms with Crippen LogP contribution in [0.25, 0.3) is 5.70 Å². The van der Waals surface area contributed by atoms with Gasteiger partial charge >= 0.3 is 0 Å². The van der Waals surface area contributed by atoms with E-state index in [1.165, 1.54) is 11.1 Å². The van der Waals surface area contributed by atoms with Gasteiger partial charge in [0.15, 0.2) is 7.14 Å². The molecule has 0 saturated carbocycles. The van der Waals surface area contributed by atoms with Crippen molar-refractivity contribution < 1.29 is 4.57 Å². The van der Waals surface area contributed by atoms with Gasteiger partial charge in [0.05, 0.1) is 0 Å². The van der Waals surface area contributed by atoms with Crippen LogP contribution in [0.15, 0.2) is 115 Å². The number of nitrogens with one attached hydrogen (secondary N) is 1. The highest BCUT2D eigenvalue weighted by atomic mass is 31.2. The fourth-order valence-electron chi connectivity index (χ4n) is 3.48. The van der Waals surface area contributed by atoms with Gasteiger partial charge in [-0.15, -0.1) is 0 Å². The highest BCUT2D eigenvalue weighted by Crippen LogP contribution is 2.47. The fraction of sp³-hybridized carbons (Fsp3) is 0.0714. The maximum atomic E-state index is 14.6. The molecule has 154 valence electrons. The second-order valence-corrected chi connectivity index (χ2v) is 10.3. The fourth-order valence-corrected chi connectivity index (χ4v) is 5.89. The summed E-state index contributed by atoms with van der Waals surface area (Å²) in [6.45, 7) is 4.14. The Kier molecular flexibility index (Phi) is 6.21. The van der Waals surface area contributed by atoms with E-state index in [0.717, 1.165) is 27.6 Å². The van der Waals surface area contributed by atoms with Crippen molar-refractivity contribution in [2.75, 3.05) is 5.32 Å². The minimum Gasteiger partial charge on any atom is -0.355 e. The summed E-state index contributed by atoms with van der Waals surface area (Å²) in [5.41, 5.74) is 5.18. The number of anilines is 1. The topological polar surface area (TPSA) is 29.1 Å². The van der Waals surface area contributed by atoms with Crippen LogP contribution in [0.4, 0.5) is 5.69 Å². The van der Waals surface area contributed by atoms with E-state index in [1.807, 2.05) is 78.6 Å². The molecular formula is C28H26NOP. The molecule has 0 aliphatic heterocycles. The average molecular weight is 423 g/mol. The van der Waals surface area contributed by atoms with E-state index < -0.39 is 7.14 Å². The molecule has 2 nitrogen and oxygen atoms in total. The van der Waals surface area contributed by atoms with Gasteiger partial charge in [0.1, 0.15) is 0 Å². The highest BCUT2D eigenvalue weighted by Gasteiger charge is 2.26. The zero-order chi connectivity index (χ0) is 21.7. The third kappa shape index (κ3) is 4.87. The van der Waals surface area contributed by atoms with Gasteiger partial charge in [-0.2, -0.15) is 0 Å². The van der Waals surface area contributed by atoms with Gasteiger partial charge in [0, 0.05) is 27.8 Å². The maximum Gasteiger partial charge on any atom is 0.166 e. The smallest absolute Gasteiger partial charge is 0.166 e. The third-order valence-corrected chi connectivity index (χ3v) is 8.04. The van der Waals surface area contributed by atoms with Crippen LogP contribution in [0, 0.1) is 13.8 Å². The molecule has 0 aliphatic carbocycles. The van der Waals surface area contributed by atoms with E-state index in [1.54, 1.807) is 0 Å². The number of benzene rings is 4. The Labute approximate surface area is 184 Å². The highest BCUT2D eigenvalue weighted by molar-refractivity contribution is 7.81. The molecule has 0 radical (unpaired) electrons. The Balaban J connectivity index is 1.89. The van der Waals surface area contributed by atoms with Crippen LogP contribution >= 0.6 is 7.14 Å². The Morgan fingerprint density at radius 3 is 1.58 bits per heavy atom. The molecular weight excluding hydrogens is 397 g/mol. The second kappa shape index (κ2) is 9.20. The van der Waals surface area contributed by atoms with Crippen molar-refractivity contribution in [3.05, 3.63) is 132 Å². The Hall–Kier alpha value is -3.35. The monoisotopic (exact) mass is 423 g/mol. The summed E-state index contributed by atoms with van der Waals surface area (Å²) >= 11 is 0. The van der Waals surface area contributed by atoms with E-state index in [2.05, 4.69) is 55.6 Å². The summed E-state index contributed by atoms with van der Waals surface area (Å²) in [5.74, 6) is 1.92. The minimum absolute atomic E-state index is 0.816. The summed E-state index contributed by atoms with van der Waals surface area (Å²) < 4.78 is 14.6. The van der Waals surface area contributed by atoms with Crippen molar-refractivity contribution in [1.82, 2.24) is 0 Å². The quantitative estimate of drug-likeness (QED) is 0.349. The lowest BCUT2D eigenvalue weighted by Gasteiger charge is -2.19. The molecule has 4 rings (SSSR count). The lowest BCUT2D eigenvalue weighted by atomic mass is 10.1. The first-order valence-electron chi connectivity index (χ1n) is 10.4. The normalized spacial score (nSPS) is 11.9. The van der Waals surface area contributed by atoms with Crippen LogP contribution in [-0.4, -0.2) is 0 Å². The van der Waals surface area contributed by atoms with Crippen molar-refractivity contribution in [3.8, 4) is 0 Å². The first-order chi connectivity index (χ1) is 15.0. The molecule has 31 heavy (non-hydrogen) atoms. The molecule has 0 bridgehead atoms. The van der Waals surface area contributed by atoms with Crippen LogP contribution in [-0.2, 0) is 4.57 Å². The van der Waals surface area contributed by atoms with E-state index in [9.17, 15) is 4.57 Å². The molecule has 0 unspecified atom stereocenters. The lowest BCUT2D eigenvalue weighted by Crippen LogP contribution is -2.15. The molecule has 0 aromatic heterocycles. The van der Waals surface area contributed by atoms with Gasteiger partial charge in [-0.1, -0.05) is 108 Å². The predicted octanol–water partition coefficient (Wildman–Crippen LogP) is 6.73. The van der Waals surface area contributed by atoms with Crippen LogP contribution in [0.5, 0.6) is 0 Å². The van der Waals surface area contributed by atoms with Crippen molar-refractivity contribution in [2.24, 2.45) is 0 Å². The summed E-state index contributed by atoms with van der Waals surface area (Å²) in [4.78, 5) is 0. The Bertz CT molecular complexity index is 1170. The zero-order valence-corrected chi connectivity index (χ0v) is 18.7. The minimum atomic E-state index is -3.03. The number of aryl methyl sites for hydroxylation is 2. The number of hydrogen-bond acceptors (Lipinski definition) is 2. The molecule has 1 N–H and O–H groups in total. The van der Waals surface area contributed by atoms with E-state index in [0.29, 0.717) is 0 Å². The molecule has 0 spiro atoms. The first-order valence-corrected chi connectivity index (χ1v) is 12.2. The molecule has 3 heteroatoms. The standard InChI is InChI=1S/C28H26NOP/c1-22-13-17-24(18-14-22)28(29-25-19-15-23(2)16-20-25)21-31(30,26-9-5-3-6-10-26)27-11-7-4-8-12-27/h3-21,29H,1-2H3/b28-21+. The van der Waals surface area contributed by atoms with Crippen molar-refractivity contribution in [2.45, 2.75) is 13.8 Å². The maximum absolute atomic E-state index is 14.6. The molecule has 0 fully saturated rings. The van der Waals surface area contributed by atoms with Crippen LogP contribution in [0.3, 0.4) is 0 Å². The Morgan fingerprint density at radius 1 is 0.645 bits per heavy atom. The molecule has 0 heterocycles. The van der Waals surface area contributed by atoms with Crippen molar-refractivity contribution in [1.29, 1.82) is 0 Å². The van der Waals surface area contributed by atoms with Gasteiger partial charge in [-0.25, -0.2) is 0 Å². The van der Waals surface area contributed by atoms with Crippen molar-refractivity contribution in [3.63, 3.8) is 0 Å². The summed E-state index contributed by atoms with van der Waals surface area (Å²) in [7, 11) is -3.03. The van der Waals surface area contributed by atoms with Crippen molar-refractivity contribution >= 4 is 29.1 Å². The molecule has 4 aromatic carbocycles. The molecule has 0 amide bonds. The zero-order valence-electron chi connectivity index (χ0n) is 17.8. The average Bonchev–Trinajstić information content (AvgIpc) is 2.81. The van der Waals surface area contributed by atoms with E-state index >= 15 is 0 Å². The van der Waals surface area contributed by atoms with E-state index in [-0.39, 0.29) is 0 Å². The summed E-state index contributed by atoms with van der Waals surface area (Å²) in [6, 6.07) is 36.0. The first kappa shape index (κ1) is 20.9. The summed E-state index contributed by atoms with van der Waals surface area (Å²) in [5, 5.41) is 5.16.